The number of H-pyrrole nitrogens is 1. The summed E-state index contributed by atoms with van der Waals surface area (Å²) in [4.78, 5) is 20.5. The smallest absolute Gasteiger partial charge is 0.278 e. The Morgan fingerprint density at radius 3 is 2.90 bits per heavy atom. The van der Waals surface area contributed by atoms with E-state index in [1.54, 1.807) is 18.2 Å². The van der Waals surface area contributed by atoms with Crippen LogP contribution in [-0.4, -0.2) is 26.1 Å². The molecule has 3 aromatic rings. The third-order valence-corrected chi connectivity index (χ3v) is 3.67. The van der Waals surface area contributed by atoms with E-state index in [2.05, 4.69) is 57.3 Å². The first-order valence-corrected chi connectivity index (χ1v) is 7.36. The van der Waals surface area contributed by atoms with Gasteiger partial charge in [0.15, 0.2) is 11.5 Å². The summed E-state index contributed by atoms with van der Waals surface area (Å²) in [6.45, 7) is 0. The molecular weight excluding hydrogens is 404 g/mol. The van der Waals surface area contributed by atoms with Gasteiger partial charge in [-0.25, -0.2) is 9.97 Å². The van der Waals surface area contributed by atoms with Gasteiger partial charge in [0.1, 0.15) is 9.21 Å². The number of nitrogens with one attached hydrogen (secondary N) is 2. The van der Waals surface area contributed by atoms with Crippen molar-refractivity contribution in [2.75, 3.05) is 11.1 Å². The average Bonchev–Trinajstić information content (AvgIpc) is 2.85. The summed E-state index contributed by atoms with van der Waals surface area (Å²) >= 11 is 6.43. The summed E-state index contributed by atoms with van der Waals surface area (Å²) in [5, 5.41) is 10.1. The molecule has 0 spiro atoms. The number of rotatable bonds is 2. The van der Waals surface area contributed by atoms with Crippen LogP contribution in [0.5, 0.6) is 0 Å². The summed E-state index contributed by atoms with van der Waals surface area (Å²) in [5.41, 5.74) is 7.27. The van der Waals surface area contributed by atoms with E-state index in [1.807, 2.05) is 0 Å². The van der Waals surface area contributed by atoms with Crippen molar-refractivity contribution in [1.82, 2.24) is 20.2 Å². The molecule has 3 rings (SSSR count). The Morgan fingerprint density at radius 2 is 2.14 bits per heavy atom. The second-order valence-electron chi connectivity index (χ2n) is 4.16. The molecule has 0 aliphatic rings. The molecule has 0 atom stereocenters. The zero-order chi connectivity index (χ0) is 15.0. The van der Waals surface area contributed by atoms with Gasteiger partial charge in [-0.2, -0.15) is 5.10 Å². The molecule has 7 nitrogen and oxygen atoms in total. The highest BCUT2D eigenvalue weighted by molar-refractivity contribution is 9.11. The molecule has 0 saturated carbocycles. The number of amides is 1. The molecule has 2 heterocycles. The third kappa shape index (κ3) is 2.74. The first-order chi connectivity index (χ1) is 10.0. The molecule has 1 amide bonds. The summed E-state index contributed by atoms with van der Waals surface area (Å²) in [6, 6.07) is 5.19. The van der Waals surface area contributed by atoms with Crippen LogP contribution in [0.2, 0.25) is 0 Å². The van der Waals surface area contributed by atoms with Crippen molar-refractivity contribution < 1.29 is 4.79 Å². The van der Waals surface area contributed by atoms with Crippen LogP contribution in [0.4, 0.5) is 11.5 Å². The van der Waals surface area contributed by atoms with Crippen LogP contribution in [0.3, 0.4) is 0 Å². The van der Waals surface area contributed by atoms with E-state index in [-0.39, 0.29) is 5.69 Å². The van der Waals surface area contributed by atoms with Crippen LogP contribution < -0.4 is 11.1 Å². The fourth-order valence-corrected chi connectivity index (χ4v) is 2.71. The standard InChI is InChI=1S/C12H8Br2N6O/c13-8-4-16-11(10(14)17-8)18-12(21)9-6-3-5(15)1-2-7(6)19-20-9/h1-4H,15H2,(H,19,20)(H,16,18,21). The lowest BCUT2D eigenvalue weighted by Crippen LogP contribution is -2.14. The van der Waals surface area contributed by atoms with E-state index in [0.29, 0.717) is 26.1 Å². The molecule has 1 aromatic carbocycles. The second kappa shape index (κ2) is 5.41. The maximum Gasteiger partial charge on any atom is 0.278 e. The van der Waals surface area contributed by atoms with Crippen LogP contribution in [0.1, 0.15) is 10.5 Å². The molecule has 0 aliphatic carbocycles. The Bertz CT molecular complexity index is 847. The Hall–Kier alpha value is -2.00. The molecule has 0 aliphatic heterocycles. The van der Waals surface area contributed by atoms with E-state index < -0.39 is 5.91 Å². The molecule has 106 valence electrons. The Morgan fingerprint density at radius 1 is 1.33 bits per heavy atom. The molecule has 0 bridgehead atoms. The number of carbonyl (C=O) groups is 1. The first-order valence-electron chi connectivity index (χ1n) is 5.77. The van der Waals surface area contributed by atoms with Gasteiger partial charge in [0.05, 0.1) is 11.7 Å². The maximum atomic E-state index is 12.3. The number of benzene rings is 1. The lowest BCUT2D eigenvalue weighted by Gasteiger charge is -2.04. The molecule has 0 fully saturated rings. The van der Waals surface area contributed by atoms with Gasteiger partial charge in [-0.1, -0.05) is 0 Å². The van der Waals surface area contributed by atoms with Crippen LogP contribution >= 0.6 is 31.9 Å². The molecule has 2 aromatic heterocycles. The second-order valence-corrected chi connectivity index (χ2v) is 5.73. The van der Waals surface area contributed by atoms with Gasteiger partial charge in [-0.05, 0) is 50.1 Å². The van der Waals surface area contributed by atoms with Crippen molar-refractivity contribution in [1.29, 1.82) is 0 Å². The number of aromatic amines is 1. The lowest BCUT2D eigenvalue weighted by atomic mass is 10.2. The van der Waals surface area contributed by atoms with Gasteiger partial charge in [-0.3, -0.25) is 9.89 Å². The SMILES string of the molecule is Nc1ccc2[nH]nc(C(=O)Nc3ncc(Br)nc3Br)c2c1. The van der Waals surface area contributed by atoms with Crippen molar-refractivity contribution >= 4 is 60.2 Å². The van der Waals surface area contributed by atoms with Crippen molar-refractivity contribution in [2.24, 2.45) is 0 Å². The van der Waals surface area contributed by atoms with Gasteiger partial charge in [-0.15, -0.1) is 0 Å². The normalized spacial score (nSPS) is 10.8. The Kier molecular flexibility index (Phi) is 3.60. The molecule has 4 N–H and O–H groups in total. The summed E-state index contributed by atoms with van der Waals surface area (Å²) < 4.78 is 0.981. The number of hydrogen-bond acceptors (Lipinski definition) is 5. The van der Waals surface area contributed by atoms with E-state index in [9.17, 15) is 4.79 Å². The average molecular weight is 412 g/mol. The highest BCUT2D eigenvalue weighted by Gasteiger charge is 2.16. The topological polar surface area (TPSA) is 110 Å². The van der Waals surface area contributed by atoms with E-state index >= 15 is 0 Å². The number of aromatic nitrogens is 4. The fraction of sp³-hybridized carbons (Fsp3) is 0. The van der Waals surface area contributed by atoms with E-state index in [4.69, 9.17) is 5.73 Å². The number of hydrogen-bond donors (Lipinski definition) is 3. The van der Waals surface area contributed by atoms with E-state index in [1.165, 1.54) is 6.20 Å². The largest absolute Gasteiger partial charge is 0.399 e. The van der Waals surface area contributed by atoms with Gasteiger partial charge >= 0.3 is 0 Å². The molecule has 0 unspecified atom stereocenters. The first kappa shape index (κ1) is 14.0. The number of anilines is 2. The third-order valence-electron chi connectivity index (χ3n) is 2.73. The van der Waals surface area contributed by atoms with Gasteiger partial charge in [0, 0.05) is 11.1 Å². The monoisotopic (exact) mass is 410 g/mol. The van der Waals surface area contributed by atoms with Crippen molar-refractivity contribution in [3.8, 4) is 0 Å². The number of carbonyl (C=O) groups excluding carboxylic acids is 1. The summed E-state index contributed by atoms with van der Waals surface area (Å²) in [6.07, 6.45) is 1.49. The Labute approximate surface area is 135 Å². The molecule has 0 saturated heterocycles. The fourth-order valence-electron chi connectivity index (χ4n) is 1.80. The summed E-state index contributed by atoms with van der Waals surface area (Å²) in [7, 11) is 0. The van der Waals surface area contributed by atoms with Crippen molar-refractivity contribution in [3.05, 3.63) is 39.3 Å². The van der Waals surface area contributed by atoms with Gasteiger partial charge in [0.25, 0.3) is 5.91 Å². The number of nitrogen functional groups attached to an aromatic ring is 1. The predicted octanol–water partition coefficient (Wildman–Crippen LogP) is 2.71. The van der Waals surface area contributed by atoms with Crippen LogP contribution in [-0.2, 0) is 0 Å². The van der Waals surface area contributed by atoms with Gasteiger partial charge in [0.2, 0.25) is 0 Å². The number of fused-ring (bicyclic) bond motifs is 1. The van der Waals surface area contributed by atoms with E-state index in [0.717, 1.165) is 5.52 Å². The minimum absolute atomic E-state index is 0.244. The molecule has 0 radical (unpaired) electrons. The van der Waals surface area contributed by atoms with Gasteiger partial charge < -0.3 is 11.1 Å². The van der Waals surface area contributed by atoms with Crippen molar-refractivity contribution in [3.63, 3.8) is 0 Å². The predicted molar refractivity (Wildman–Crippen MR) is 85.9 cm³/mol. The number of nitrogens with two attached hydrogens (primary N) is 1. The Balaban J connectivity index is 1.95. The maximum absolute atomic E-state index is 12.3. The lowest BCUT2D eigenvalue weighted by molar-refractivity contribution is 0.102. The number of halogens is 2. The highest BCUT2D eigenvalue weighted by Crippen LogP contribution is 2.22. The van der Waals surface area contributed by atoms with Crippen molar-refractivity contribution in [2.45, 2.75) is 0 Å². The van der Waals surface area contributed by atoms with Crippen LogP contribution in [0.15, 0.2) is 33.6 Å². The summed E-state index contributed by atoms with van der Waals surface area (Å²) in [5.74, 6) is -0.0903. The quantitative estimate of drug-likeness (QED) is 0.561. The number of nitrogens with zero attached hydrogens (tertiary/aromatic N) is 3. The highest BCUT2D eigenvalue weighted by atomic mass is 79.9. The minimum Gasteiger partial charge on any atom is -0.399 e. The zero-order valence-electron chi connectivity index (χ0n) is 10.4. The minimum atomic E-state index is -0.399. The van der Waals surface area contributed by atoms with Crippen LogP contribution in [0, 0.1) is 0 Å². The molecule has 21 heavy (non-hydrogen) atoms. The van der Waals surface area contributed by atoms with Crippen LogP contribution in [0.25, 0.3) is 10.9 Å². The zero-order valence-corrected chi connectivity index (χ0v) is 13.6. The molecule has 9 heteroatoms. The molecular formula is C12H8Br2N6O.